The Balaban J connectivity index is 2.36. The summed E-state index contributed by atoms with van der Waals surface area (Å²) in [5, 5.41) is 29.8. The number of hydrogen-bond acceptors (Lipinski definition) is 7. The summed E-state index contributed by atoms with van der Waals surface area (Å²) in [7, 11) is 1.25. The normalized spacial score (nSPS) is 14.5. The molecule has 0 amide bonds. The van der Waals surface area contributed by atoms with Gasteiger partial charge in [-0.2, -0.15) is 0 Å². The Morgan fingerprint density at radius 2 is 1.82 bits per heavy atom. The fourth-order valence-corrected chi connectivity index (χ4v) is 2.58. The number of phenols is 2. The van der Waals surface area contributed by atoms with Gasteiger partial charge in [0.05, 0.1) is 29.4 Å². The van der Waals surface area contributed by atoms with Gasteiger partial charge in [-0.05, 0) is 6.92 Å². The van der Waals surface area contributed by atoms with Crippen LogP contribution in [0.2, 0.25) is 0 Å². The third kappa shape index (κ3) is 1.66. The van der Waals surface area contributed by atoms with Crippen LogP contribution in [0.1, 0.15) is 50.6 Å². The number of ketones is 2. The number of carbonyl (C=O) groups excluding carboxylic acids is 2. The number of phenolic OH excluding ortho intramolecular Hbond substituents is 2. The van der Waals surface area contributed by atoms with Gasteiger partial charge in [0.15, 0.2) is 11.5 Å². The smallest absolute Gasteiger partial charge is 0.202 e. The van der Waals surface area contributed by atoms with Crippen LogP contribution in [0.15, 0.2) is 16.7 Å². The minimum Gasteiger partial charge on any atom is -0.507 e. The van der Waals surface area contributed by atoms with Gasteiger partial charge in [-0.3, -0.25) is 9.59 Å². The van der Waals surface area contributed by atoms with Crippen LogP contribution in [-0.4, -0.2) is 34.0 Å². The highest BCUT2D eigenvalue weighted by Gasteiger charge is 2.40. The predicted molar refractivity (Wildman–Crippen MR) is 72.5 cm³/mol. The Bertz CT molecular complexity index is 814. The molecule has 3 rings (SSSR count). The van der Waals surface area contributed by atoms with Crippen molar-refractivity contribution in [3.8, 4) is 17.2 Å². The zero-order chi connectivity index (χ0) is 16.2. The van der Waals surface area contributed by atoms with Crippen molar-refractivity contribution in [3.63, 3.8) is 0 Å². The van der Waals surface area contributed by atoms with E-state index in [-0.39, 0.29) is 33.8 Å². The molecule has 3 N–H and O–H groups in total. The summed E-state index contributed by atoms with van der Waals surface area (Å²) in [5.41, 5.74) is -0.852. The van der Waals surface area contributed by atoms with Crippen molar-refractivity contribution in [1.29, 1.82) is 0 Å². The first-order valence-electron chi connectivity index (χ1n) is 6.40. The molecule has 0 saturated carbocycles. The van der Waals surface area contributed by atoms with Crippen LogP contribution in [0.5, 0.6) is 17.2 Å². The number of rotatable bonds is 2. The molecule has 114 valence electrons. The summed E-state index contributed by atoms with van der Waals surface area (Å²) in [4.78, 5) is 25.1. The molecule has 0 radical (unpaired) electrons. The Morgan fingerprint density at radius 3 is 2.41 bits per heavy atom. The summed E-state index contributed by atoms with van der Waals surface area (Å²) in [6.45, 7) is 1.38. The van der Waals surface area contributed by atoms with E-state index in [9.17, 15) is 24.9 Å². The van der Waals surface area contributed by atoms with E-state index in [1.807, 2.05) is 0 Å². The number of hydrogen-bond donors (Lipinski definition) is 3. The van der Waals surface area contributed by atoms with E-state index in [2.05, 4.69) is 0 Å². The molecule has 7 nitrogen and oxygen atoms in total. The lowest BCUT2D eigenvalue weighted by atomic mass is 9.83. The fourth-order valence-electron chi connectivity index (χ4n) is 2.58. The standard InChI is InChI=1S/C15H12O7/c1-5(16)15-9-6(4-22-15)12(18)10-7(17)3-8(21-2)13(19)11(10)14(9)20/h3-5,16-17,19H,1-2H3. The maximum Gasteiger partial charge on any atom is 0.202 e. The van der Waals surface area contributed by atoms with E-state index in [4.69, 9.17) is 9.15 Å². The van der Waals surface area contributed by atoms with Gasteiger partial charge in [0.1, 0.15) is 23.9 Å². The number of aromatic hydroxyl groups is 2. The van der Waals surface area contributed by atoms with Crippen molar-refractivity contribution >= 4 is 11.6 Å². The highest BCUT2D eigenvalue weighted by atomic mass is 16.5. The molecule has 0 spiro atoms. The quantitative estimate of drug-likeness (QED) is 0.614. The van der Waals surface area contributed by atoms with Crippen molar-refractivity contribution in [2.24, 2.45) is 0 Å². The van der Waals surface area contributed by atoms with Gasteiger partial charge >= 0.3 is 0 Å². The Hall–Kier alpha value is -2.80. The average Bonchev–Trinajstić information content (AvgIpc) is 2.92. The predicted octanol–water partition coefficient (Wildman–Crippen LogP) is 1.53. The van der Waals surface area contributed by atoms with Crippen LogP contribution in [0.3, 0.4) is 0 Å². The average molecular weight is 304 g/mol. The molecule has 1 atom stereocenters. The maximum atomic E-state index is 12.6. The van der Waals surface area contributed by atoms with Gasteiger partial charge in [-0.1, -0.05) is 0 Å². The van der Waals surface area contributed by atoms with Crippen molar-refractivity contribution < 1.29 is 34.1 Å². The fraction of sp³-hybridized carbons (Fsp3) is 0.200. The van der Waals surface area contributed by atoms with Gasteiger partial charge in [-0.25, -0.2) is 0 Å². The molecule has 1 aliphatic rings. The Labute approximate surface area is 124 Å². The number of aliphatic hydroxyl groups excluding tert-OH is 1. The van der Waals surface area contributed by atoms with E-state index >= 15 is 0 Å². The van der Waals surface area contributed by atoms with Gasteiger partial charge < -0.3 is 24.5 Å². The molecule has 2 aromatic rings. The molecular formula is C15H12O7. The van der Waals surface area contributed by atoms with E-state index in [0.717, 1.165) is 12.3 Å². The molecule has 0 fully saturated rings. The number of furan rings is 1. The Morgan fingerprint density at radius 1 is 1.14 bits per heavy atom. The third-order valence-corrected chi connectivity index (χ3v) is 3.59. The molecule has 1 unspecified atom stereocenters. The third-order valence-electron chi connectivity index (χ3n) is 3.59. The molecule has 0 saturated heterocycles. The second kappa shape index (κ2) is 4.60. The number of methoxy groups -OCH3 is 1. The zero-order valence-electron chi connectivity index (χ0n) is 11.7. The van der Waals surface area contributed by atoms with E-state index in [1.54, 1.807) is 0 Å². The number of fused-ring (bicyclic) bond motifs is 2. The lowest BCUT2D eigenvalue weighted by molar-refractivity contribution is 0.0969. The summed E-state index contributed by atoms with van der Waals surface area (Å²) in [6, 6.07) is 1.06. The first-order valence-corrected chi connectivity index (χ1v) is 6.40. The van der Waals surface area contributed by atoms with Crippen LogP contribution >= 0.6 is 0 Å². The second-order valence-electron chi connectivity index (χ2n) is 4.92. The van der Waals surface area contributed by atoms with Crippen LogP contribution < -0.4 is 4.74 Å². The number of carbonyl (C=O) groups is 2. The Kier molecular flexibility index (Phi) is 2.96. The van der Waals surface area contributed by atoms with Crippen LogP contribution in [0.4, 0.5) is 0 Å². The molecule has 1 aromatic heterocycles. The van der Waals surface area contributed by atoms with Crippen LogP contribution in [0.25, 0.3) is 0 Å². The molecule has 0 aliphatic heterocycles. The van der Waals surface area contributed by atoms with Gasteiger partial charge in [0, 0.05) is 6.07 Å². The van der Waals surface area contributed by atoms with Crippen molar-refractivity contribution in [2.75, 3.05) is 7.11 Å². The monoisotopic (exact) mass is 304 g/mol. The summed E-state index contributed by atoms with van der Waals surface area (Å²) < 4.78 is 9.98. The molecule has 7 heteroatoms. The van der Waals surface area contributed by atoms with Gasteiger partial charge in [0.2, 0.25) is 11.6 Å². The number of aliphatic hydroxyl groups is 1. The number of ether oxygens (including phenoxy) is 1. The molecule has 1 aromatic carbocycles. The van der Waals surface area contributed by atoms with Crippen molar-refractivity contribution in [3.05, 3.63) is 40.3 Å². The van der Waals surface area contributed by atoms with Gasteiger partial charge in [0.25, 0.3) is 0 Å². The van der Waals surface area contributed by atoms with Crippen LogP contribution in [-0.2, 0) is 0 Å². The summed E-state index contributed by atoms with van der Waals surface area (Å²) in [5.74, 6) is -2.62. The molecule has 22 heavy (non-hydrogen) atoms. The first-order chi connectivity index (χ1) is 10.4. The topological polar surface area (TPSA) is 117 Å². The minimum absolute atomic E-state index is 0.0618. The van der Waals surface area contributed by atoms with Gasteiger partial charge in [-0.15, -0.1) is 0 Å². The van der Waals surface area contributed by atoms with Crippen molar-refractivity contribution in [1.82, 2.24) is 0 Å². The first kappa shape index (κ1) is 14.2. The highest BCUT2D eigenvalue weighted by molar-refractivity contribution is 6.30. The second-order valence-corrected chi connectivity index (χ2v) is 4.92. The molecular weight excluding hydrogens is 292 g/mol. The molecule has 1 aliphatic carbocycles. The maximum absolute atomic E-state index is 12.6. The van der Waals surface area contributed by atoms with E-state index in [1.165, 1.54) is 14.0 Å². The SMILES string of the molecule is COc1cc(O)c2c(c1O)C(=O)c1c(coc1C(C)O)C2=O. The number of benzene rings is 1. The summed E-state index contributed by atoms with van der Waals surface area (Å²) in [6.07, 6.45) is -0.0511. The van der Waals surface area contributed by atoms with E-state index in [0.29, 0.717) is 0 Å². The lowest BCUT2D eigenvalue weighted by Crippen LogP contribution is -2.21. The summed E-state index contributed by atoms with van der Waals surface area (Å²) >= 11 is 0. The largest absolute Gasteiger partial charge is 0.507 e. The minimum atomic E-state index is -1.11. The van der Waals surface area contributed by atoms with Crippen LogP contribution in [0, 0.1) is 0 Å². The molecule has 1 heterocycles. The van der Waals surface area contributed by atoms with E-state index < -0.39 is 29.2 Å². The van der Waals surface area contributed by atoms with Crippen molar-refractivity contribution in [2.45, 2.75) is 13.0 Å². The zero-order valence-corrected chi connectivity index (χ0v) is 11.7. The lowest BCUT2D eigenvalue weighted by Gasteiger charge is -2.19. The molecule has 0 bridgehead atoms. The highest BCUT2D eigenvalue weighted by Crippen LogP contribution is 2.44.